The second-order valence-corrected chi connectivity index (χ2v) is 9.78. The first kappa shape index (κ1) is 24.1. The van der Waals surface area contributed by atoms with Gasteiger partial charge >= 0.3 is 12.1 Å². The predicted molar refractivity (Wildman–Crippen MR) is 132 cm³/mol. The van der Waals surface area contributed by atoms with Gasteiger partial charge in [0.15, 0.2) is 0 Å². The summed E-state index contributed by atoms with van der Waals surface area (Å²) in [5.74, 6) is -0.835. The Hall–Kier alpha value is -3.00. The Labute approximate surface area is 203 Å². The van der Waals surface area contributed by atoms with E-state index >= 15 is 0 Å². The Kier molecular flexibility index (Phi) is 7.46. The molecule has 8 heteroatoms. The monoisotopic (exact) mass is 482 g/mol. The second-order valence-electron chi connectivity index (χ2n) is 8.79. The number of nitrogens with one attached hydrogen (secondary N) is 1. The number of nitrogens with zero attached hydrogens (tertiary/aromatic N) is 1. The predicted octanol–water partition coefficient (Wildman–Crippen LogP) is 4.11. The molecule has 2 aromatic carbocycles. The number of benzene rings is 2. The largest absolute Gasteiger partial charge is 0.480 e. The van der Waals surface area contributed by atoms with Crippen LogP contribution in [-0.2, 0) is 14.3 Å². The van der Waals surface area contributed by atoms with Gasteiger partial charge in [-0.25, -0.2) is 9.59 Å². The Morgan fingerprint density at radius 1 is 1.09 bits per heavy atom. The molecule has 4 rings (SSSR count). The van der Waals surface area contributed by atoms with Crippen LogP contribution in [0, 0.1) is 0 Å². The van der Waals surface area contributed by atoms with E-state index in [0.717, 1.165) is 35.1 Å². The van der Waals surface area contributed by atoms with Crippen LogP contribution in [0.2, 0.25) is 0 Å². The molecule has 7 nitrogen and oxygen atoms in total. The van der Waals surface area contributed by atoms with E-state index in [1.54, 1.807) is 11.8 Å². The lowest BCUT2D eigenvalue weighted by Crippen LogP contribution is -2.54. The molecule has 1 saturated carbocycles. The molecule has 1 fully saturated rings. The number of hydrogen-bond acceptors (Lipinski definition) is 5. The number of carboxylic acid groups (broad SMARTS) is 1. The van der Waals surface area contributed by atoms with Gasteiger partial charge < -0.3 is 20.1 Å². The van der Waals surface area contributed by atoms with E-state index in [-0.39, 0.29) is 24.5 Å². The van der Waals surface area contributed by atoms with Crippen LogP contribution in [0.25, 0.3) is 11.1 Å². The van der Waals surface area contributed by atoms with Crippen LogP contribution in [-0.4, -0.2) is 64.7 Å². The van der Waals surface area contributed by atoms with Crippen molar-refractivity contribution in [2.45, 2.75) is 50.2 Å². The molecular formula is C26H30N2O5S. The summed E-state index contributed by atoms with van der Waals surface area (Å²) in [7, 11) is 0. The number of alkyl carbamates (subject to hydrolysis) is 1. The summed E-state index contributed by atoms with van der Waals surface area (Å²) in [4.78, 5) is 39.1. The molecule has 0 aromatic heterocycles. The maximum atomic E-state index is 13.3. The number of carbonyl (C=O) groups is 3. The fourth-order valence-corrected chi connectivity index (χ4v) is 5.09. The maximum absolute atomic E-state index is 13.3. The number of ether oxygens (including phenoxy) is 1. The molecule has 2 aromatic rings. The molecule has 0 bridgehead atoms. The van der Waals surface area contributed by atoms with Crippen LogP contribution in [0.3, 0.4) is 0 Å². The van der Waals surface area contributed by atoms with E-state index in [9.17, 15) is 19.5 Å². The van der Waals surface area contributed by atoms with E-state index in [4.69, 9.17) is 4.74 Å². The number of fused-ring (bicyclic) bond motifs is 3. The molecule has 2 amide bonds. The zero-order valence-electron chi connectivity index (χ0n) is 19.4. The smallest absolute Gasteiger partial charge is 0.407 e. The van der Waals surface area contributed by atoms with Crippen LogP contribution in [0.4, 0.5) is 4.79 Å². The Morgan fingerprint density at radius 2 is 1.68 bits per heavy atom. The number of thioether (sulfide) groups is 1. The van der Waals surface area contributed by atoms with Crippen molar-refractivity contribution in [3.05, 3.63) is 59.7 Å². The molecule has 0 heterocycles. The minimum absolute atomic E-state index is 0.0755. The van der Waals surface area contributed by atoms with Gasteiger partial charge in [-0.1, -0.05) is 48.5 Å². The van der Waals surface area contributed by atoms with Crippen molar-refractivity contribution in [2.75, 3.05) is 18.6 Å². The normalized spacial score (nSPS) is 16.2. The highest BCUT2D eigenvalue weighted by Crippen LogP contribution is 2.44. The fraction of sp³-hybridized carbons (Fsp3) is 0.423. The van der Waals surface area contributed by atoms with Crippen molar-refractivity contribution in [3.8, 4) is 11.1 Å². The maximum Gasteiger partial charge on any atom is 0.407 e. The second kappa shape index (κ2) is 10.5. The molecular weight excluding hydrogens is 452 g/mol. The molecule has 180 valence electrons. The van der Waals surface area contributed by atoms with Crippen molar-refractivity contribution >= 4 is 29.7 Å². The fourth-order valence-electron chi connectivity index (χ4n) is 4.61. The van der Waals surface area contributed by atoms with Crippen molar-refractivity contribution in [1.82, 2.24) is 10.2 Å². The van der Waals surface area contributed by atoms with Crippen LogP contribution >= 0.6 is 11.8 Å². The number of carbonyl (C=O) groups excluding carboxylic acids is 2. The number of amides is 2. The van der Waals surface area contributed by atoms with Crippen LogP contribution in [0.5, 0.6) is 0 Å². The third-order valence-electron chi connectivity index (χ3n) is 6.51. The first-order chi connectivity index (χ1) is 16.4. The zero-order valence-corrected chi connectivity index (χ0v) is 20.2. The molecule has 0 spiro atoms. The van der Waals surface area contributed by atoms with E-state index in [2.05, 4.69) is 17.4 Å². The summed E-state index contributed by atoms with van der Waals surface area (Å²) in [5.41, 5.74) is 4.51. The molecule has 0 saturated heterocycles. The van der Waals surface area contributed by atoms with Crippen LogP contribution < -0.4 is 5.32 Å². The SMILES string of the molecule is CSCC[C@H](NC(=O)OCC1c2ccccc2-c2ccccc21)C(=O)N(C1CC1)C(C)C(=O)O. The average molecular weight is 483 g/mol. The molecule has 0 radical (unpaired) electrons. The molecule has 2 aliphatic rings. The first-order valence-electron chi connectivity index (χ1n) is 11.6. The first-order valence-corrected chi connectivity index (χ1v) is 13.0. The highest BCUT2D eigenvalue weighted by atomic mass is 32.2. The van der Waals surface area contributed by atoms with Gasteiger partial charge in [0.1, 0.15) is 18.7 Å². The van der Waals surface area contributed by atoms with Gasteiger partial charge in [-0.05, 0) is 60.4 Å². The van der Waals surface area contributed by atoms with Gasteiger partial charge in [0.25, 0.3) is 0 Å². The number of carboxylic acids is 1. The molecule has 0 aliphatic heterocycles. The van der Waals surface area contributed by atoms with Gasteiger partial charge in [-0.2, -0.15) is 11.8 Å². The van der Waals surface area contributed by atoms with Gasteiger partial charge in [-0.15, -0.1) is 0 Å². The van der Waals surface area contributed by atoms with Gasteiger partial charge in [0.2, 0.25) is 5.91 Å². The summed E-state index contributed by atoms with van der Waals surface area (Å²) in [5, 5.41) is 12.2. The third-order valence-corrected chi connectivity index (χ3v) is 7.16. The van der Waals surface area contributed by atoms with E-state index in [0.29, 0.717) is 12.2 Å². The Bertz CT molecular complexity index is 1030. The molecule has 2 aliphatic carbocycles. The highest BCUT2D eigenvalue weighted by molar-refractivity contribution is 7.98. The average Bonchev–Trinajstić information content (AvgIpc) is 3.62. The highest BCUT2D eigenvalue weighted by Gasteiger charge is 2.41. The van der Waals surface area contributed by atoms with Crippen molar-refractivity contribution in [2.24, 2.45) is 0 Å². The van der Waals surface area contributed by atoms with Crippen molar-refractivity contribution in [3.63, 3.8) is 0 Å². The molecule has 2 atom stereocenters. The van der Waals surface area contributed by atoms with Crippen LogP contribution in [0.15, 0.2) is 48.5 Å². The zero-order chi connectivity index (χ0) is 24.2. The van der Waals surface area contributed by atoms with E-state index in [1.165, 1.54) is 11.8 Å². The molecule has 34 heavy (non-hydrogen) atoms. The molecule has 1 unspecified atom stereocenters. The topological polar surface area (TPSA) is 95.9 Å². The Morgan fingerprint density at radius 3 is 2.21 bits per heavy atom. The summed E-state index contributed by atoms with van der Waals surface area (Å²) in [6.07, 6.45) is 3.22. The summed E-state index contributed by atoms with van der Waals surface area (Å²) in [6, 6.07) is 14.3. The molecule has 2 N–H and O–H groups in total. The minimum atomic E-state index is -1.05. The third kappa shape index (κ3) is 5.06. The van der Waals surface area contributed by atoms with E-state index in [1.807, 2.05) is 42.7 Å². The quantitative estimate of drug-likeness (QED) is 0.529. The van der Waals surface area contributed by atoms with Gasteiger partial charge in [0, 0.05) is 12.0 Å². The lowest BCUT2D eigenvalue weighted by Gasteiger charge is -2.30. The number of rotatable bonds is 10. The standard InChI is InChI=1S/C26H30N2O5S/c1-16(25(30)31)28(17-11-12-17)24(29)23(13-14-34-2)27-26(32)33-15-22-20-9-5-3-7-18(20)19-8-4-6-10-21(19)22/h3-10,16-17,22-23H,11-15H2,1-2H3,(H,27,32)(H,30,31)/t16?,23-/m0/s1. The number of aliphatic carboxylic acids is 1. The van der Waals surface area contributed by atoms with E-state index < -0.39 is 24.1 Å². The summed E-state index contributed by atoms with van der Waals surface area (Å²) < 4.78 is 5.62. The van der Waals surface area contributed by atoms with Crippen molar-refractivity contribution in [1.29, 1.82) is 0 Å². The Balaban J connectivity index is 1.45. The summed E-state index contributed by atoms with van der Waals surface area (Å²) >= 11 is 1.56. The van der Waals surface area contributed by atoms with Gasteiger partial charge in [-0.3, -0.25) is 4.79 Å². The van der Waals surface area contributed by atoms with Crippen molar-refractivity contribution < 1.29 is 24.2 Å². The van der Waals surface area contributed by atoms with Gasteiger partial charge in [0.05, 0.1) is 0 Å². The lowest BCUT2D eigenvalue weighted by molar-refractivity contribution is -0.150. The lowest BCUT2D eigenvalue weighted by atomic mass is 9.98. The summed E-state index contributed by atoms with van der Waals surface area (Å²) in [6.45, 7) is 1.67. The van der Waals surface area contributed by atoms with Crippen LogP contribution in [0.1, 0.15) is 43.2 Å². The number of hydrogen-bond donors (Lipinski definition) is 2. The minimum Gasteiger partial charge on any atom is -0.480 e.